The minimum Gasteiger partial charge on any atom is -0.352 e. The summed E-state index contributed by atoms with van der Waals surface area (Å²) in [5, 5.41) is 0. The molecule has 2 aromatic rings. The van der Waals surface area contributed by atoms with Gasteiger partial charge in [-0.05, 0) is 31.2 Å². The molecule has 2 N–H and O–H groups in total. The Morgan fingerprint density at radius 1 is 1.00 bits per heavy atom. The minimum absolute atomic E-state index is 0.326. The zero-order valence-electron chi connectivity index (χ0n) is 14.4. The lowest BCUT2D eigenvalue weighted by Gasteiger charge is -2.34. The Hall–Kier alpha value is -2.34. The van der Waals surface area contributed by atoms with E-state index in [2.05, 4.69) is 51.0 Å². The van der Waals surface area contributed by atoms with Crippen molar-refractivity contribution in [2.75, 3.05) is 34.9 Å². The lowest BCUT2D eigenvalue weighted by atomic mass is 10.0. The monoisotopic (exact) mass is 336 g/mol. The van der Waals surface area contributed by atoms with Crippen molar-refractivity contribution in [1.82, 2.24) is 15.4 Å². The molecule has 1 aromatic heterocycles. The average molecular weight is 336 g/mol. The third kappa shape index (κ3) is 2.70. The first-order chi connectivity index (χ1) is 12.4. The van der Waals surface area contributed by atoms with Crippen LogP contribution in [0.1, 0.15) is 42.9 Å². The predicted octanol–water partition coefficient (Wildman–Crippen LogP) is 2.85. The SMILES string of the molecule is c1ccc(CN2CCC3NNc4nc(N5CCCCC5)nc2c43)cc1. The van der Waals surface area contributed by atoms with Crippen molar-refractivity contribution in [3.05, 3.63) is 41.5 Å². The van der Waals surface area contributed by atoms with E-state index in [0.717, 1.165) is 50.2 Å². The summed E-state index contributed by atoms with van der Waals surface area (Å²) >= 11 is 0. The average Bonchev–Trinajstić information content (AvgIpc) is 3.09. The number of anilines is 3. The number of nitrogens with zero attached hydrogens (tertiary/aromatic N) is 4. The fourth-order valence-corrected chi connectivity index (χ4v) is 4.13. The van der Waals surface area contributed by atoms with E-state index >= 15 is 0 Å². The summed E-state index contributed by atoms with van der Waals surface area (Å²) in [5.74, 6) is 2.94. The summed E-state index contributed by atoms with van der Waals surface area (Å²) in [7, 11) is 0. The Kier molecular flexibility index (Phi) is 3.70. The van der Waals surface area contributed by atoms with Crippen LogP contribution in [0.4, 0.5) is 17.6 Å². The summed E-state index contributed by atoms with van der Waals surface area (Å²) in [5.41, 5.74) is 9.24. The lowest BCUT2D eigenvalue weighted by Crippen LogP contribution is -2.35. The van der Waals surface area contributed by atoms with Crippen LogP contribution in [-0.4, -0.2) is 29.6 Å². The van der Waals surface area contributed by atoms with E-state index in [-0.39, 0.29) is 0 Å². The van der Waals surface area contributed by atoms with Gasteiger partial charge in [-0.25, -0.2) is 5.43 Å². The largest absolute Gasteiger partial charge is 0.352 e. The molecule has 1 unspecified atom stereocenters. The van der Waals surface area contributed by atoms with Crippen LogP contribution in [0.5, 0.6) is 0 Å². The molecule has 130 valence electrons. The van der Waals surface area contributed by atoms with Gasteiger partial charge >= 0.3 is 0 Å². The molecule has 0 saturated carbocycles. The Labute approximate surface area is 148 Å². The number of hydrogen-bond acceptors (Lipinski definition) is 6. The number of hydrogen-bond donors (Lipinski definition) is 2. The molecule has 0 radical (unpaired) electrons. The first-order valence-corrected chi connectivity index (χ1v) is 9.36. The lowest BCUT2D eigenvalue weighted by molar-refractivity contribution is 0.531. The van der Waals surface area contributed by atoms with Gasteiger partial charge in [-0.15, -0.1) is 0 Å². The first kappa shape index (κ1) is 15.0. The van der Waals surface area contributed by atoms with Crippen LogP contribution in [0.15, 0.2) is 30.3 Å². The van der Waals surface area contributed by atoms with Gasteiger partial charge in [0, 0.05) is 26.2 Å². The highest BCUT2D eigenvalue weighted by Crippen LogP contribution is 2.41. The molecule has 25 heavy (non-hydrogen) atoms. The van der Waals surface area contributed by atoms with Crippen molar-refractivity contribution in [3.63, 3.8) is 0 Å². The fourth-order valence-electron chi connectivity index (χ4n) is 4.13. The van der Waals surface area contributed by atoms with E-state index in [1.54, 1.807) is 0 Å². The van der Waals surface area contributed by atoms with E-state index in [9.17, 15) is 0 Å². The zero-order valence-corrected chi connectivity index (χ0v) is 14.4. The molecule has 3 aliphatic heterocycles. The smallest absolute Gasteiger partial charge is 0.229 e. The molecule has 0 amide bonds. The topological polar surface area (TPSA) is 56.3 Å². The molecular weight excluding hydrogens is 312 g/mol. The third-order valence-electron chi connectivity index (χ3n) is 5.47. The molecule has 4 heterocycles. The summed E-state index contributed by atoms with van der Waals surface area (Å²) in [6, 6.07) is 11.0. The maximum Gasteiger partial charge on any atom is 0.229 e. The molecule has 0 aliphatic carbocycles. The van der Waals surface area contributed by atoms with Crippen molar-refractivity contribution in [2.24, 2.45) is 0 Å². The molecule has 3 aliphatic rings. The summed E-state index contributed by atoms with van der Waals surface area (Å²) in [6.45, 7) is 4.04. The minimum atomic E-state index is 0.326. The molecule has 6 heteroatoms. The van der Waals surface area contributed by atoms with Crippen LogP contribution in [0.2, 0.25) is 0 Å². The molecule has 1 atom stereocenters. The van der Waals surface area contributed by atoms with Crippen LogP contribution in [-0.2, 0) is 6.54 Å². The van der Waals surface area contributed by atoms with E-state index in [0.29, 0.717) is 6.04 Å². The van der Waals surface area contributed by atoms with Gasteiger partial charge in [0.1, 0.15) is 5.82 Å². The Bertz CT molecular complexity index is 756. The molecule has 5 rings (SSSR count). The Balaban J connectivity index is 1.52. The van der Waals surface area contributed by atoms with Crippen LogP contribution in [0.3, 0.4) is 0 Å². The van der Waals surface area contributed by atoms with Gasteiger partial charge < -0.3 is 15.2 Å². The summed E-state index contributed by atoms with van der Waals surface area (Å²) in [4.78, 5) is 14.6. The standard InChI is InChI=1S/C19H24N6/c1-3-7-14(8-4-1)13-25-12-9-15-16-17(23-22-15)20-19(21-18(16)25)24-10-5-2-6-11-24/h1,3-4,7-8,15,22H,2,5-6,9-13H2,(H,20,21,23). The quantitative estimate of drug-likeness (QED) is 0.899. The van der Waals surface area contributed by atoms with Crippen molar-refractivity contribution in [3.8, 4) is 0 Å². The van der Waals surface area contributed by atoms with Crippen LogP contribution >= 0.6 is 0 Å². The molecule has 1 aromatic carbocycles. The zero-order chi connectivity index (χ0) is 16.6. The van der Waals surface area contributed by atoms with Gasteiger partial charge in [-0.2, -0.15) is 9.97 Å². The highest BCUT2D eigenvalue weighted by atomic mass is 15.5. The van der Waals surface area contributed by atoms with Crippen molar-refractivity contribution in [2.45, 2.75) is 38.3 Å². The Morgan fingerprint density at radius 2 is 1.84 bits per heavy atom. The van der Waals surface area contributed by atoms with Crippen molar-refractivity contribution in [1.29, 1.82) is 0 Å². The highest BCUT2D eigenvalue weighted by Gasteiger charge is 2.35. The number of piperidine rings is 1. The second-order valence-corrected chi connectivity index (χ2v) is 7.17. The number of nitrogens with one attached hydrogen (secondary N) is 2. The van der Waals surface area contributed by atoms with Crippen LogP contribution in [0, 0.1) is 0 Å². The van der Waals surface area contributed by atoms with Crippen molar-refractivity contribution < 1.29 is 0 Å². The van der Waals surface area contributed by atoms with Gasteiger partial charge in [0.15, 0.2) is 5.82 Å². The molecule has 1 saturated heterocycles. The maximum atomic E-state index is 5.03. The van der Waals surface area contributed by atoms with Crippen LogP contribution < -0.4 is 20.7 Å². The molecule has 6 nitrogen and oxygen atoms in total. The van der Waals surface area contributed by atoms with Crippen LogP contribution in [0.25, 0.3) is 0 Å². The second-order valence-electron chi connectivity index (χ2n) is 7.17. The molecule has 0 bridgehead atoms. The molecule has 1 fully saturated rings. The number of hydrazine groups is 1. The number of aromatic nitrogens is 2. The van der Waals surface area contributed by atoms with Gasteiger partial charge in [-0.1, -0.05) is 30.3 Å². The fraction of sp³-hybridized carbons (Fsp3) is 0.474. The van der Waals surface area contributed by atoms with Gasteiger partial charge in [0.25, 0.3) is 0 Å². The van der Waals surface area contributed by atoms with Gasteiger partial charge in [0.2, 0.25) is 5.95 Å². The highest BCUT2D eigenvalue weighted by molar-refractivity contribution is 5.67. The summed E-state index contributed by atoms with van der Waals surface area (Å²) < 4.78 is 0. The van der Waals surface area contributed by atoms with Crippen molar-refractivity contribution >= 4 is 17.6 Å². The second kappa shape index (κ2) is 6.19. The maximum absolute atomic E-state index is 5.03. The molecular formula is C19H24N6. The van der Waals surface area contributed by atoms with E-state index in [4.69, 9.17) is 9.97 Å². The van der Waals surface area contributed by atoms with E-state index in [1.807, 2.05) is 0 Å². The van der Waals surface area contributed by atoms with Gasteiger partial charge in [0.05, 0.1) is 11.6 Å². The van der Waals surface area contributed by atoms with E-state index < -0.39 is 0 Å². The normalized spacial score (nSPS) is 21.8. The first-order valence-electron chi connectivity index (χ1n) is 9.36. The Morgan fingerprint density at radius 3 is 2.68 bits per heavy atom. The number of benzene rings is 1. The van der Waals surface area contributed by atoms with Gasteiger partial charge in [-0.3, -0.25) is 0 Å². The third-order valence-corrected chi connectivity index (χ3v) is 5.47. The summed E-state index contributed by atoms with van der Waals surface area (Å²) in [6.07, 6.45) is 4.86. The number of rotatable bonds is 3. The predicted molar refractivity (Wildman–Crippen MR) is 99.7 cm³/mol. The van der Waals surface area contributed by atoms with E-state index in [1.165, 1.54) is 30.4 Å². The molecule has 0 spiro atoms.